The molecule has 5 nitrogen and oxygen atoms in total. The molecule has 0 spiro atoms. The minimum absolute atomic E-state index is 0.0437. The molecule has 2 aromatic carbocycles. The van der Waals surface area contributed by atoms with Gasteiger partial charge in [-0.05, 0) is 26.0 Å². The van der Waals surface area contributed by atoms with E-state index in [9.17, 15) is 13.2 Å². The van der Waals surface area contributed by atoms with Crippen LogP contribution in [0.15, 0.2) is 63.5 Å². The number of carbonyl (C=O) groups is 1. The van der Waals surface area contributed by atoms with Crippen molar-refractivity contribution in [3.8, 4) is 0 Å². The van der Waals surface area contributed by atoms with E-state index in [1.165, 1.54) is 12.1 Å². The number of carbonyl (C=O) groups excluding carboxylic acids is 1. The number of Topliss-reactive ketones (excluding diaryl/α,β-unsaturated/α-hetero) is 1. The maximum atomic E-state index is 13.0. The van der Waals surface area contributed by atoms with Crippen molar-refractivity contribution in [2.45, 2.75) is 24.5 Å². The summed E-state index contributed by atoms with van der Waals surface area (Å²) in [5.74, 6) is -0.484. The van der Waals surface area contributed by atoms with Gasteiger partial charge in [-0.2, -0.15) is 4.72 Å². The van der Waals surface area contributed by atoms with E-state index in [1.807, 2.05) is 6.92 Å². The Bertz CT molecular complexity index is 1030. The van der Waals surface area contributed by atoms with Gasteiger partial charge >= 0.3 is 0 Å². The Hall–Kier alpha value is -1.70. The SMILES string of the molecule is CCOC1(NS(=O)(=O)c2ccc(C)cc2)C(Cl)=C(Cl)C(=O)c2ccccc21. The van der Waals surface area contributed by atoms with Crippen LogP contribution < -0.4 is 4.72 Å². The van der Waals surface area contributed by atoms with Crippen molar-refractivity contribution in [1.29, 1.82) is 0 Å². The number of allylic oxidation sites excluding steroid dienone is 1. The van der Waals surface area contributed by atoms with E-state index >= 15 is 0 Å². The molecule has 0 fully saturated rings. The van der Waals surface area contributed by atoms with Crippen LogP contribution in [0.25, 0.3) is 0 Å². The lowest BCUT2D eigenvalue weighted by Crippen LogP contribution is -2.51. The average molecular weight is 426 g/mol. The molecule has 1 N–H and O–H groups in total. The fourth-order valence-corrected chi connectivity index (χ4v) is 4.77. The lowest BCUT2D eigenvalue weighted by Gasteiger charge is -2.38. The molecule has 0 bridgehead atoms. The quantitative estimate of drug-likeness (QED) is 0.733. The molecule has 0 saturated carbocycles. The number of fused-ring (bicyclic) bond motifs is 1. The number of hydrogen-bond donors (Lipinski definition) is 1. The number of nitrogens with one attached hydrogen (secondary N) is 1. The second kappa shape index (κ2) is 7.37. The molecule has 0 saturated heterocycles. The molecule has 8 heteroatoms. The molecule has 1 unspecified atom stereocenters. The highest BCUT2D eigenvalue weighted by atomic mass is 35.5. The Morgan fingerprint density at radius 2 is 1.70 bits per heavy atom. The molecule has 1 aliphatic carbocycles. The first-order valence-electron chi connectivity index (χ1n) is 8.17. The lowest BCUT2D eigenvalue weighted by atomic mass is 9.89. The normalized spacial score (nSPS) is 19.9. The van der Waals surface area contributed by atoms with E-state index in [-0.39, 0.29) is 27.1 Å². The van der Waals surface area contributed by atoms with Crippen molar-refractivity contribution in [2.75, 3.05) is 6.61 Å². The molecule has 1 atom stereocenters. The van der Waals surface area contributed by atoms with Crippen molar-refractivity contribution < 1.29 is 17.9 Å². The fourth-order valence-electron chi connectivity index (χ4n) is 2.93. The Morgan fingerprint density at radius 3 is 2.33 bits per heavy atom. The van der Waals surface area contributed by atoms with Gasteiger partial charge in [-0.15, -0.1) is 0 Å². The summed E-state index contributed by atoms with van der Waals surface area (Å²) in [5.41, 5.74) is -0.348. The van der Waals surface area contributed by atoms with Crippen LogP contribution in [0.2, 0.25) is 0 Å². The zero-order valence-corrected chi connectivity index (χ0v) is 17.0. The number of aryl methyl sites for hydroxylation is 1. The summed E-state index contributed by atoms with van der Waals surface area (Å²) in [5, 5.41) is -0.499. The average Bonchev–Trinajstić information content (AvgIpc) is 2.65. The van der Waals surface area contributed by atoms with Crippen LogP contribution in [0.5, 0.6) is 0 Å². The molecule has 27 heavy (non-hydrogen) atoms. The molecule has 0 radical (unpaired) electrons. The zero-order valence-electron chi connectivity index (χ0n) is 14.6. The highest BCUT2D eigenvalue weighted by molar-refractivity contribution is 7.89. The third-order valence-electron chi connectivity index (χ3n) is 4.22. The predicted octanol–water partition coefficient (Wildman–Crippen LogP) is 4.05. The highest BCUT2D eigenvalue weighted by Gasteiger charge is 2.48. The second-order valence-electron chi connectivity index (χ2n) is 6.04. The molecule has 1 aliphatic rings. The molecule has 0 aliphatic heterocycles. The standard InChI is InChI=1S/C19H17Cl2NO4S/c1-3-26-19(22-27(24,25)13-10-8-12(2)9-11-13)15-7-5-4-6-14(15)17(23)16(20)18(19)21/h4-11,22H,3H2,1-2H3. The van der Waals surface area contributed by atoms with Gasteiger partial charge in [-0.25, -0.2) is 8.42 Å². The van der Waals surface area contributed by atoms with E-state index in [0.29, 0.717) is 5.56 Å². The molecule has 2 aromatic rings. The Balaban J connectivity index is 2.21. The second-order valence-corrected chi connectivity index (χ2v) is 8.47. The van der Waals surface area contributed by atoms with Gasteiger partial charge in [0.25, 0.3) is 0 Å². The number of hydrogen-bond acceptors (Lipinski definition) is 4. The van der Waals surface area contributed by atoms with Gasteiger partial charge in [-0.3, -0.25) is 4.79 Å². The van der Waals surface area contributed by atoms with Gasteiger partial charge in [0.15, 0.2) is 5.72 Å². The summed E-state index contributed by atoms with van der Waals surface area (Å²) in [6.07, 6.45) is 0. The van der Waals surface area contributed by atoms with Crippen LogP contribution >= 0.6 is 23.2 Å². The first kappa shape index (κ1) is 20.0. The van der Waals surface area contributed by atoms with Crippen LogP contribution in [0.4, 0.5) is 0 Å². The molecule has 0 heterocycles. The van der Waals surface area contributed by atoms with Crippen molar-refractivity contribution in [3.05, 3.63) is 75.3 Å². The third-order valence-corrected chi connectivity index (χ3v) is 6.58. The molecular weight excluding hydrogens is 409 g/mol. The minimum Gasteiger partial charge on any atom is -0.350 e. The van der Waals surface area contributed by atoms with Gasteiger partial charge in [0.1, 0.15) is 5.03 Å². The van der Waals surface area contributed by atoms with E-state index < -0.39 is 21.5 Å². The fraction of sp³-hybridized carbons (Fsp3) is 0.211. The smallest absolute Gasteiger partial charge is 0.243 e. The first-order chi connectivity index (χ1) is 12.7. The van der Waals surface area contributed by atoms with Crippen molar-refractivity contribution in [3.63, 3.8) is 0 Å². The van der Waals surface area contributed by atoms with Gasteiger partial charge in [0.2, 0.25) is 15.8 Å². The monoisotopic (exact) mass is 425 g/mol. The number of halogens is 2. The number of rotatable bonds is 5. The summed E-state index contributed by atoms with van der Waals surface area (Å²) in [6.45, 7) is 3.67. The molecular formula is C19H17Cl2NO4S. The van der Waals surface area contributed by atoms with E-state index in [2.05, 4.69) is 4.72 Å². The summed E-state index contributed by atoms with van der Waals surface area (Å²) in [7, 11) is -4.04. The van der Waals surface area contributed by atoms with Crippen LogP contribution in [0.3, 0.4) is 0 Å². The number of ketones is 1. The van der Waals surface area contributed by atoms with E-state index in [4.69, 9.17) is 27.9 Å². The summed E-state index contributed by atoms with van der Waals surface area (Å²) in [6, 6.07) is 12.8. The minimum atomic E-state index is -4.04. The predicted molar refractivity (Wildman–Crippen MR) is 104 cm³/mol. The summed E-state index contributed by atoms with van der Waals surface area (Å²) >= 11 is 12.5. The zero-order chi connectivity index (χ0) is 19.8. The van der Waals surface area contributed by atoms with Crippen LogP contribution in [-0.4, -0.2) is 20.8 Å². The Kier molecular flexibility index (Phi) is 5.47. The maximum absolute atomic E-state index is 13.0. The Morgan fingerprint density at radius 1 is 1.07 bits per heavy atom. The highest BCUT2D eigenvalue weighted by Crippen LogP contribution is 2.44. The number of ether oxygens (including phenoxy) is 1. The molecule has 3 rings (SSSR count). The topological polar surface area (TPSA) is 72.5 Å². The van der Waals surface area contributed by atoms with Crippen molar-refractivity contribution in [2.24, 2.45) is 0 Å². The largest absolute Gasteiger partial charge is 0.350 e. The van der Waals surface area contributed by atoms with Crippen LogP contribution in [0.1, 0.15) is 28.4 Å². The van der Waals surface area contributed by atoms with Gasteiger partial charge < -0.3 is 4.74 Å². The van der Waals surface area contributed by atoms with Crippen LogP contribution in [-0.2, 0) is 20.5 Å². The van der Waals surface area contributed by atoms with E-state index in [0.717, 1.165) is 5.56 Å². The van der Waals surface area contributed by atoms with Crippen LogP contribution in [0, 0.1) is 6.92 Å². The summed E-state index contributed by atoms with van der Waals surface area (Å²) in [4.78, 5) is 12.5. The molecule has 142 valence electrons. The third kappa shape index (κ3) is 3.44. The number of sulfonamides is 1. The first-order valence-corrected chi connectivity index (χ1v) is 10.4. The maximum Gasteiger partial charge on any atom is 0.243 e. The van der Waals surface area contributed by atoms with Gasteiger partial charge in [0, 0.05) is 17.7 Å². The van der Waals surface area contributed by atoms with Crippen molar-refractivity contribution >= 4 is 39.0 Å². The van der Waals surface area contributed by atoms with Gasteiger partial charge in [0.05, 0.1) is 9.93 Å². The summed E-state index contributed by atoms with van der Waals surface area (Å²) < 4.78 is 34.4. The number of benzene rings is 2. The molecule has 0 amide bonds. The lowest BCUT2D eigenvalue weighted by molar-refractivity contribution is -0.0195. The van der Waals surface area contributed by atoms with E-state index in [1.54, 1.807) is 43.3 Å². The molecule has 0 aromatic heterocycles. The Labute approximate surface area is 168 Å². The van der Waals surface area contributed by atoms with Gasteiger partial charge in [-0.1, -0.05) is 65.2 Å². The van der Waals surface area contributed by atoms with Crippen molar-refractivity contribution in [1.82, 2.24) is 4.72 Å².